The van der Waals surface area contributed by atoms with Crippen LogP contribution in [0.4, 0.5) is 0 Å². The van der Waals surface area contributed by atoms with Gasteiger partial charge >= 0.3 is 384 Å². The largest absolute Gasteiger partial charge is 1.00 e. The molecule has 4 saturated heterocycles. The Hall–Kier alpha value is 10.2. The molecule has 0 unspecified atom stereocenters. The van der Waals surface area contributed by atoms with E-state index in [0.717, 1.165) is 12.1 Å². The SMILES string of the molecule is O=S(=O)([O-])OC[C@H]1O[C@H](OCc2ccccc2)[C@@H](O[C@H]2O[C@H](COS(=O)(=O)[O-])[C@@H](OS(=O)(=O)[O-])[C@H](O[C@H]3O[C@H](COS(=O)(=O)[O-])[C@@H](OS(=O)(=O)[O-])[C@H](O[C@H]4O[C@H](COS(=O)(=O)[O-])[C@@H](OS(=O)(=O)[O-])[C@H](OS(=O)(=O)[O-])[C@@H]4OS(=O)(=O)[O-])[C@@H]3OS(=O)(=O)[O-])[C@@H]2OS(=O)(=O)[O-])[C@@H](OS(=O)(=O)[O-])[C@@H]1OS(=O)(=O)[O-].[Na+].[Na+].[Na+].[Na+].[Na+].[Na+].[Na+].[Na+].[Na+].[Na+].[Na+].[Na+].[Na+]. The minimum Gasteiger partial charge on any atom is -0.726 e. The van der Waals surface area contributed by atoms with Gasteiger partial charge in [-0.15, -0.1) is 0 Å². The van der Waals surface area contributed by atoms with Crippen LogP contribution in [-0.2, 0) is 234 Å². The summed E-state index contributed by atoms with van der Waals surface area (Å²) in [5, 5.41) is 0. The topological polar surface area (TPSA) is 937 Å². The van der Waals surface area contributed by atoms with Gasteiger partial charge in [0.1, 0.15) is 79.4 Å². The molecule has 4 aliphatic rings. The molecule has 0 N–H and O–H groups in total. The van der Waals surface area contributed by atoms with Crippen molar-refractivity contribution >= 4 is 135 Å². The Kier molecular flexibility index (Phi) is 73.9. The molecule has 0 saturated carbocycles. The molecule has 117 heavy (non-hydrogen) atoms. The van der Waals surface area contributed by atoms with E-state index in [1.807, 2.05) is 0 Å². The maximum absolute atomic E-state index is 12.9. The van der Waals surface area contributed by atoms with E-state index in [9.17, 15) is 169 Å². The molecule has 20 atom stereocenters. The Labute approximate surface area is 953 Å². The van der Waals surface area contributed by atoms with Crippen LogP contribution in [0.2, 0.25) is 0 Å². The second kappa shape index (κ2) is 59.6. The Morgan fingerprint density at radius 1 is 0.222 bits per heavy atom. The van der Waals surface area contributed by atoms with Gasteiger partial charge in [0.05, 0.1) is 33.0 Å². The van der Waals surface area contributed by atoms with E-state index in [1.165, 1.54) is 18.2 Å². The summed E-state index contributed by atoms with van der Waals surface area (Å²) in [5.41, 5.74) is -0.160. The Morgan fingerprint density at radius 3 is 0.624 bits per heavy atom. The van der Waals surface area contributed by atoms with E-state index in [4.69, 9.17) is 37.9 Å². The fraction of sp³-hybridized carbons (Fsp3) is 0.806. The van der Waals surface area contributed by atoms with Crippen LogP contribution in [0.3, 0.4) is 0 Å². The van der Waals surface area contributed by atoms with Crippen LogP contribution in [0.5, 0.6) is 0 Å². The van der Waals surface area contributed by atoms with Crippen LogP contribution >= 0.6 is 0 Å². The first-order valence-electron chi connectivity index (χ1n) is 25.0. The van der Waals surface area contributed by atoms with Crippen LogP contribution in [0.25, 0.3) is 0 Å². The Balaban J connectivity index is -0.00000128. The summed E-state index contributed by atoms with van der Waals surface area (Å²) in [7, 11) is -87.9. The fourth-order valence-corrected chi connectivity index (χ4v) is 14.6. The number of hydrogen-bond donors (Lipinski definition) is 0. The second-order valence-corrected chi connectivity index (χ2v) is 32.6. The summed E-state index contributed by atoms with van der Waals surface area (Å²) in [5.74, 6) is 0. The molecule has 610 valence electrons. The summed E-state index contributed by atoms with van der Waals surface area (Å²) in [4.78, 5) is 0. The van der Waals surface area contributed by atoms with Crippen LogP contribution in [0, 0.1) is 0 Å². The molecule has 4 fully saturated rings. The number of rotatable bonds is 39. The minimum atomic E-state index is -7.21. The van der Waals surface area contributed by atoms with Gasteiger partial charge in [0.15, 0.2) is 43.5 Å². The third-order valence-electron chi connectivity index (χ3n) is 12.1. The first kappa shape index (κ1) is 145. The quantitative estimate of drug-likeness (QED) is 0.0335. The number of ether oxygens (including phenoxy) is 8. The molecule has 86 heteroatoms. The van der Waals surface area contributed by atoms with E-state index in [-0.39, 0.29) is 390 Å². The van der Waals surface area contributed by atoms with E-state index in [0.29, 0.717) is 0 Å². The molecule has 0 bridgehead atoms. The van der Waals surface area contributed by atoms with Gasteiger partial charge in [0.25, 0.3) is 0 Å². The molecular formula is C31H35Na13O60S13. The van der Waals surface area contributed by atoms with Gasteiger partial charge in [-0.2, -0.15) is 0 Å². The van der Waals surface area contributed by atoms with Crippen LogP contribution in [0.1, 0.15) is 5.56 Å². The molecule has 1 aromatic carbocycles. The second-order valence-electron chi connectivity index (χ2n) is 19.3. The number of hydrogen-bond acceptors (Lipinski definition) is 60. The molecule has 0 aromatic heterocycles. The van der Waals surface area contributed by atoms with E-state index < -0.39 is 291 Å². The van der Waals surface area contributed by atoms with Crippen molar-refractivity contribution in [1.29, 1.82) is 0 Å². The first-order valence-corrected chi connectivity index (χ1v) is 42.3. The summed E-state index contributed by atoms with van der Waals surface area (Å²) >= 11 is 0. The molecule has 60 nitrogen and oxygen atoms in total. The molecule has 0 radical (unpaired) electrons. The van der Waals surface area contributed by atoms with Gasteiger partial charge in [-0.25, -0.2) is 109 Å². The minimum absolute atomic E-state index is 0. The zero-order chi connectivity index (χ0) is 79.5. The molecule has 0 spiro atoms. The maximum Gasteiger partial charge on any atom is 1.00 e. The van der Waals surface area contributed by atoms with Crippen molar-refractivity contribution in [1.82, 2.24) is 0 Å². The normalized spacial score (nSPS) is 28.1. The molecular weight excluding hydrogens is 2050 g/mol. The van der Waals surface area contributed by atoms with E-state index in [1.54, 1.807) is 0 Å². The van der Waals surface area contributed by atoms with Gasteiger partial charge in [-0.3, -0.25) is 54.4 Å². The molecule has 4 aliphatic heterocycles. The molecule has 1 aromatic rings. The van der Waals surface area contributed by atoms with Crippen LogP contribution in [-0.4, -0.2) is 318 Å². The maximum atomic E-state index is 12.9. The average molecular weight is 2080 g/mol. The zero-order valence-electron chi connectivity index (χ0n) is 61.3. The molecule has 0 aliphatic carbocycles. The van der Waals surface area contributed by atoms with Gasteiger partial charge < -0.3 is 97.1 Å². The summed E-state index contributed by atoms with van der Waals surface area (Å²) < 4.78 is 573. The Bertz CT molecular complexity index is 4770. The van der Waals surface area contributed by atoms with Gasteiger partial charge in [0.2, 0.25) is 135 Å². The number of benzene rings is 1. The van der Waals surface area contributed by atoms with Crippen molar-refractivity contribution < 1.29 is 645 Å². The third-order valence-corrected chi connectivity index (χ3v) is 17.9. The summed E-state index contributed by atoms with van der Waals surface area (Å²) in [6, 6.07) is 5.85. The zero-order valence-corrected chi connectivity index (χ0v) is 97.9. The summed E-state index contributed by atoms with van der Waals surface area (Å²) in [6.45, 7) is -10.7. The third kappa shape index (κ3) is 57.4. The predicted octanol–water partition coefficient (Wildman–Crippen LogP) is -53.2. The Morgan fingerprint density at radius 2 is 0.402 bits per heavy atom. The molecule has 5 rings (SSSR count). The van der Waals surface area contributed by atoms with Gasteiger partial charge in [-0.05, 0) is 5.56 Å². The standard InChI is InChI=1S/C31H48O60S13.13Na/c32-92(33,34)72-7-12-16(83-96(44,45)46)20(81-31-27(91-104(68,69)70)23(88-101(59,60)61)19(86-99(53,54)55)15(79-31)10-75-95(41,42)43)25(89-102(62,63)64)29(77-12)80-21-17(84-97(47,48)49)13(8-73-93(35,36)37)78-30(26(21)90-103(65,66)67)82-24-22(87-100(56,57)58)18(85-98(50,51)52)14(9-74-94(38,39)40)76-28(24)71-6-11-4-2-1-3-5-11;;;;;;;;;;;;;/h1-5,12-31H,6-10H2,(H,32,33,34)(H,35,36,37)(H,38,39,40)(H,41,42,43)(H,44,45,46)(H,47,48,49)(H,50,51,52)(H,53,54,55)(H,56,57,58)(H,59,60,61)(H,62,63,64)(H,65,66,67)(H,68,69,70);;;;;;;;;;;;;/q;13*+1/p-13/t12-,13-,14-,15-,16-,17-,18-,19-,20+,21+,22+,23+,24+,25+,26+,27+,28+,29-,30-,31-;;;;;;;;;;;;;/m1............./s1. The van der Waals surface area contributed by atoms with Gasteiger partial charge in [0, 0.05) is 0 Å². The monoisotopic (exact) mass is 2080 g/mol. The van der Waals surface area contributed by atoms with Gasteiger partial charge in [-0.1, -0.05) is 30.3 Å². The van der Waals surface area contributed by atoms with Crippen molar-refractivity contribution in [2.45, 2.75) is 129 Å². The summed E-state index contributed by atoms with van der Waals surface area (Å²) in [6.07, 6.45) is -75.6. The molecule has 4 heterocycles. The smallest absolute Gasteiger partial charge is 0.726 e. The van der Waals surface area contributed by atoms with Crippen molar-refractivity contribution in [2.24, 2.45) is 0 Å². The molecule has 0 amide bonds. The fourth-order valence-electron chi connectivity index (χ4n) is 9.00. The van der Waals surface area contributed by atoms with Crippen molar-refractivity contribution in [3.63, 3.8) is 0 Å². The first-order chi connectivity index (χ1) is 46.6. The van der Waals surface area contributed by atoms with Crippen LogP contribution in [0.15, 0.2) is 30.3 Å². The predicted molar refractivity (Wildman–Crippen MR) is 274 cm³/mol. The van der Waals surface area contributed by atoms with Crippen molar-refractivity contribution in [3.05, 3.63) is 35.9 Å². The average Bonchev–Trinajstić information content (AvgIpc) is 0.749. The van der Waals surface area contributed by atoms with Crippen molar-refractivity contribution in [2.75, 3.05) is 26.4 Å². The van der Waals surface area contributed by atoms with E-state index >= 15 is 0 Å². The van der Waals surface area contributed by atoms with Crippen molar-refractivity contribution in [3.8, 4) is 0 Å². The van der Waals surface area contributed by atoms with E-state index in [2.05, 4.69) is 54.4 Å². The van der Waals surface area contributed by atoms with Crippen LogP contribution < -0.4 is 384 Å².